The number of anilines is 4. The number of methoxy groups -OCH3 is 3. The minimum atomic E-state index is 0.385. The Labute approximate surface area is 191 Å². The van der Waals surface area contributed by atoms with Crippen LogP contribution in [-0.4, -0.2) is 36.3 Å². The average Bonchev–Trinajstić information content (AvgIpc) is 3.21. The Morgan fingerprint density at radius 1 is 0.697 bits per heavy atom. The second kappa shape index (κ2) is 8.66. The van der Waals surface area contributed by atoms with Crippen molar-refractivity contribution in [2.24, 2.45) is 0 Å². The van der Waals surface area contributed by atoms with Crippen LogP contribution >= 0.6 is 0 Å². The van der Waals surface area contributed by atoms with Gasteiger partial charge in [0, 0.05) is 23.5 Å². The van der Waals surface area contributed by atoms with Crippen molar-refractivity contribution in [3.05, 3.63) is 72.1 Å². The molecule has 5 rings (SSSR count). The Hall–Kier alpha value is -4.33. The first-order valence-corrected chi connectivity index (χ1v) is 10.4. The van der Waals surface area contributed by atoms with Gasteiger partial charge in [-0.2, -0.15) is 4.98 Å². The van der Waals surface area contributed by atoms with Crippen molar-refractivity contribution in [1.29, 1.82) is 0 Å². The predicted molar refractivity (Wildman–Crippen MR) is 127 cm³/mol. The fourth-order valence-corrected chi connectivity index (χ4v) is 4.05. The lowest BCUT2D eigenvalue weighted by Gasteiger charge is -2.14. The van der Waals surface area contributed by atoms with Gasteiger partial charge in [-0.15, -0.1) is 0 Å². The fourth-order valence-electron chi connectivity index (χ4n) is 4.05. The summed E-state index contributed by atoms with van der Waals surface area (Å²) in [4.78, 5) is 13.0. The molecule has 1 aliphatic carbocycles. The van der Waals surface area contributed by atoms with E-state index in [-0.39, 0.29) is 0 Å². The molecule has 166 valence electrons. The molecule has 1 aliphatic rings. The molecule has 2 N–H and O–H groups in total. The summed E-state index contributed by atoms with van der Waals surface area (Å²) in [6, 6.07) is 18.4. The number of benzene rings is 3. The SMILES string of the molecule is COc1cc(Nc2ncnc(Nc3ccc4c(c3)Cc3ccccc3-4)n2)cc(OC)c1OC. The van der Waals surface area contributed by atoms with Crippen LogP contribution in [0.2, 0.25) is 0 Å². The third-order valence-electron chi connectivity index (χ3n) is 5.54. The quantitative estimate of drug-likeness (QED) is 0.366. The van der Waals surface area contributed by atoms with Crippen LogP contribution in [0.5, 0.6) is 17.2 Å². The van der Waals surface area contributed by atoms with E-state index in [1.54, 1.807) is 33.5 Å². The third kappa shape index (κ3) is 3.98. The van der Waals surface area contributed by atoms with Gasteiger partial charge in [0.15, 0.2) is 11.5 Å². The molecule has 8 heteroatoms. The van der Waals surface area contributed by atoms with Gasteiger partial charge in [-0.3, -0.25) is 0 Å². The highest BCUT2D eigenvalue weighted by molar-refractivity contribution is 5.79. The van der Waals surface area contributed by atoms with Crippen LogP contribution in [0.4, 0.5) is 23.3 Å². The molecule has 1 aromatic heterocycles. The fraction of sp³-hybridized carbons (Fsp3) is 0.160. The van der Waals surface area contributed by atoms with Crippen LogP contribution in [0.25, 0.3) is 11.1 Å². The lowest BCUT2D eigenvalue weighted by atomic mass is 10.1. The van der Waals surface area contributed by atoms with E-state index >= 15 is 0 Å². The van der Waals surface area contributed by atoms with E-state index in [9.17, 15) is 0 Å². The third-order valence-corrected chi connectivity index (χ3v) is 5.54. The average molecular weight is 441 g/mol. The van der Waals surface area contributed by atoms with Crippen LogP contribution in [0, 0.1) is 0 Å². The van der Waals surface area contributed by atoms with E-state index < -0.39 is 0 Å². The standard InChI is InChI=1S/C25H23N5O3/c1-31-21-12-18(13-22(32-2)23(21)33-3)29-25-27-14-26-24(30-25)28-17-8-9-20-16(11-17)10-15-6-4-5-7-19(15)20/h4-9,11-14H,10H2,1-3H3,(H2,26,27,28,29,30). The molecule has 0 spiro atoms. The summed E-state index contributed by atoms with van der Waals surface area (Å²) in [5, 5.41) is 6.44. The largest absolute Gasteiger partial charge is 0.493 e. The van der Waals surface area contributed by atoms with E-state index in [0.29, 0.717) is 34.8 Å². The molecule has 8 nitrogen and oxygen atoms in total. The zero-order valence-electron chi connectivity index (χ0n) is 18.5. The van der Waals surface area contributed by atoms with Crippen molar-refractivity contribution in [2.45, 2.75) is 6.42 Å². The van der Waals surface area contributed by atoms with E-state index in [4.69, 9.17) is 14.2 Å². The van der Waals surface area contributed by atoms with Crippen LogP contribution in [-0.2, 0) is 6.42 Å². The minimum absolute atomic E-state index is 0.385. The van der Waals surface area contributed by atoms with Gasteiger partial charge in [0.05, 0.1) is 21.3 Å². The zero-order valence-corrected chi connectivity index (χ0v) is 18.5. The number of hydrogen-bond acceptors (Lipinski definition) is 8. The first kappa shape index (κ1) is 20.6. The van der Waals surface area contributed by atoms with Crippen LogP contribution < -0.4 is 24.8 Å². The summed E-state index contributed by atoms with van der Waals surface area (Å²) in [6.07, 6.45) is 2.38. The van der Waals surface area contributed by atoms with Crippen LogP contribution in [0.15, 0.2) is 60.9 Å². The molecule has 0 atom stereocenters. The first-order chi connectivity index (χ1) is 16.2. The van der Waals surface area contributed by atoms with Crippen molar-refractivity contribution in [2.75, 3.05) is 32.0 Å². The highest BCUT2D eigenvalue weighted by Gasteiger charge is 2.18. The molecule has 0 bridgehead atoms. The second-order valence-corrected chi connectivity index (χ2v) is 7.50. The Bertz CT molecular complexity index is 1300. The Morgan fingerprint density at radius 3 is 2.06 bits per heavy atom. The number of aromatic nitrogens is 3. The smallest absolute Gasteiger partial charge is 0.232 e. The van der Waals surface area contributed by atoms with Crippen LogP contribution in [0.3, 0.4) is 0 Å². The molecule has 1 heterocycles. The number of hydrogen-bond donors (Lipinski definition) is 2. The number of rotatable bonds is 7. The molecule has 3 aromatic carbocycles. The van der Waals surface area contributed by atoms with Crippen molar-refractivity contribution < 1.29 is 14.2 Å². The maximum atomic E-state index is 5.41. The summed E-state index contributed by atoms with van der Waals surface area (Å²) >= 11 is 0. The summed E-state index contributed by atoms with van der Waals surface area (Å²) < 4.78 is 16.2. The van der Waals surface area contributed by atoms with Gasteiger partial charge in [-0.05, 0) is 40.8 Å². The van der Waals surface area contributed by atoms with E-state index in [0.717, 1.165) is 12.1 Å². The topological polar surface area (TPSA) is 90.4 Å². The van der Waals surface area contributed by atoms with Crippen molar-refractivity contribution in [1.82, 2.24) is 15.0 Å². The molecular formula is C25H23N5O3. The van der Waals surface area contributed by atoms with Gasteiger partial charge in [0.25, 0.3) is 0 Å². The number of ether oxygens (including phenoxy) is 3. The number of nitrogens with zero attached hydrogens (tertiary/aromatic N) is 3. The molecule has 4 aromatic rings. The zero-order chi connectivity index (χ0) is 22.8. The summed E-state index contributed by atoms with van der Waals surface area (Å²) in [5.41, 5.74) is 6.82. The lowest BCUT2D eigenvalue weighted by molar-refractivity contribution is 0.324. The maximum Gasteiger partial charge on any atom is 0.232 e. The molecule has 0 amide bonds. The Kier molecular flexibility index (Phi) is 5.40. The highest BCUT2D eigenvalue weighted by Crippen LogP contribution is 2.40. The summed E-state index contributed by atoms with van der Waals surface area (Å²) in [5.74, 6) is 2.41. The Balaban J connectivity index is 1.36. The highest BCUT2D eigenvalue weighted by atomic mass is 16.5. The van der Waals surface area contributed by atoms with Gasteiger partial charge in [-0.25, -0.2) is 9.97 Å². The van der Waals surface area contributed by atoms with Gasteiger partial charge >= 0.3 is 0 Å². The minimum Gasteiger partial charge on any atom is -0.493 e. The molecule has 0 aliphatic heterocycles. The first-order valence-electron chi connectivity index (χ1n) is 10.4. The molecule has 0 unspecified atom stereocenters. The number of fused-ring (bicyclic) bond motifs is 3. The van der Waals surface area contributed by atoms with Gasteiger partial charge in [-0.1, -0.05) is 30.3 Å². The normalized spacial score (nSPS) is 11.4. The van der Waals surface area contributed by atoms with Crippen molar-refractivity contribution in [3.8, 4) is 28.4 Å². The van der Waals surface area contributed by atoms with Crippen molar-refractivity contribution >= 4 is 23.3 Å². The molecule has 0 fully saturated rings. The van der Waals surface area contributed by atoms with E-state index in [1.165, 1.54) is 28.6 Å². The summed E-state index contributed by atoms with van der Waals surface area (Å²) in [7, 11) is 4.71. The molecule has 0 radical (unpaired) electrons. The van der Waals surface area contributed by atoms with E-state index in [1.807, 2.05) is 6.07 Å². The van der Waals surface area contributed by atoms with Crippen molar-refractivity contribution in [3.63, 3.8) is 0 Å². The molecule has 0 saturated carbocycles. The summed E-state index contributed by atoms with van der Waals surface area (Å²) in [6.45, 7) is 0. The van der Waals surface area contributed by atoms with Gasteiger partial charge < -0.3 is 24.8 Å². The second-order valence-electron chi connectivity index (χ2n) is 7.50. The maximum absolute atomic E-state index is 5.41. The predicted octanol–water partition coefficient (Wildman–Crippen LogP) is 4.96. The molecule has 33 heavy (non-hydrogen) atoms. The van der Waals surface area contributed by atoms with Crippen LogP contribution in [0.1, 0.15) is 11.1 Å². The van der Waals surface area contributed by atoms with Gasteiger partial charge in [0.2, 0.25) is 17.6 Å². The lowest BCUT2D eigenvalue weighted by Crippen LogP contribution is -2.04. The monoisotopic (exact) mass is 441 g/mol. The van der Waals surface area contributed by atoms with Gasteiger partial charge in [0.1, 0.15) is 6.33 Å². The van der Waals surface area contributed by atoms with E-state index in [2.05, 4.69) is 62.0 Å². The number of nitrogens with one attached hydrogen (secondary N) is 2. The molecule has 0 saturated heterocycles. The Morgan fingerprint density at radius 2 is 1.36 bits per heavy atom. The molecular weight excluding hydrogens is 418 g/mol.